The van der Waals surface area contributed by atoms with Crippen molar-refractivity contribution in [3.05, 3.63) is 36.9 Å². The molecule has 1 atom stereocenters. The maximum atomic E-state index is 11.7. The highest BCUT2D eigenvalue weighted by molar-refractivity contribution is 7.98. The van der Waals surface area contributed by atoms with E-state index in [1.165, 1.54) is 0 Å². The molecule has 1 aromatic carbocycles. The normalized spacial score (nSPS) is 11.6. The van der Waals surface area contributed by atoms with E-state index in [0.29, 0.717) is 6.54 Å². The minimum atomic E-state index is -0.261. The summed E-state index contributed by atoms with van der Waals surface area (Å²) in [6, 6.07) is 7.68. The zero-order chi connectivity index (χ0) is 12.7. The Bertz CT molecular complexity index is 393. The van der Waals surface area contributed by atoms with E-state index in [9.17, 15) is 4.79 Å². The third-order valence-corrected chi connectivity index (χ3v) is 3.09. The number of carbonyl (C=O) groups is 1. The molecule has 3 nitrogen and oxygen atoms in total. The van der Waals surface area contributed by atoms with Crippen LogP contribution >= 0.6 is 11.8 Å². The van der Waals surface area contributed by atoms with E-state index in [1.54, 1.807) is 17.8 Å². The van der Waals surface area contributed by atoms with E-state index in [-0.39, 0.29) is 11.9 Å². The van der Waals surface area contributed by atoms with Gasteiger partial charge in [0.1, 0.15) is 6.04 Å². The summed E-state index contributed by atoms with van der Waals surface area (Å²) in [6.45, 7) is 5.90. The van der Waals surface area contributed by atoms with Gasteiger partial charge in [0, 0.05) is 17.1 Å². The monoisotopic (exact) mass is 250 g/mol. The molecule has 0 aliphatic rings. The minimum Gasteiger partial charge on any atom is -0.373 e. The van der Waals surface area contributed by atoms with Gasteiger partial charge in [-0.1, -0.05) is 18.2 Å². The first-order chi connectivity index (χ1) is 8.19. The molecular formula is C13H18N2OS. The lowest BCUT2D eigenvalue weighted by Gasteiger charge is -2.16. The molecular weight excluding hydrogens is 232 g/mol. The van der Waals surface area contributed by atoms with Crippen LogP contribution < -0.4 is 10.6 Å². The maximum absolute atomic E-state index is 11.7. The summed E-state index contributed by atoms with van der Waals surface area (Å²) in [5, 5.41) is 5.97. The van der Waals surface area contributed by atoms with Gasteiger partial charge in [-0.3, -0.25) is 4.79 Å². The predicted octanol–water partition coefficient (Wildman–Crippen LogP) is 2.51. The third-order valence-electron chi connectivity index (χ3n) is 2.29. The van der Waals surface area contributed by atoms with E-state index < -0.39 is 0 Å². The fourth-order valence-electron chi connectivity index (χ4n) is 1.39. The van der Waals surface area contributed by atoms with Crippen LogP contribution in [0.15, 0.2) is 41.8 Å². The quantitative estimate of drug-likeness (QED) is 0.602. The van der Waals surface area contributed by atoms with Gasteiger partial charge in [-0.05, 0) is 25.3 Å². The van der Waals surface area contributed by atoms with Crippen LogP contribution in [0.1, 0.15) is 6.92 Å². The van der Waals surface area contributed by atoms with Gasteiger partial charge in [-0.2, -0.15) is 0 Å². The highest BCUT2D eigenvalue weighted by atomic mass is 32.2. The number of hydrogen-bond acceptors (Lipinski definition) is 3. The van der Waals surface area contributed by atoms with Crippen LogP contribution in [-0.2, 0) is 4.79 Å². The molecule has 0 saturated carbocycles. The van der Waals surface area contributed by atoms with Crippen molar-refractivity contribution in [3.8, 4) is 0 Å². The topological polar surface area (TPSA) is 41.1 Å². The van der Waals surface area contributed by atoms with Crippen molar-refractivity contribution < 1.29 is 4.79 Å². The van der Waals surface area contributed by atoms with Crippen LogP contribution in [0.2, 0.25) is 0 Å². The minimum absolute atomic E-state index is 0.0270. The van der Waals surface area contributed by atoms with Gasteiger partial charge in [-0.15, -0.1) is 18.3 Å². The van der Waals surface area contributed by atoms with Gasteiger partial charge in [0.15, 0.2) is 0 Å². The summed E-state index contributed by atoms with van der Waals surface area (Å²) in [6.07, 6.45) is 3.68. The molecule has 0 spiro atoms. The molecule has 0 aromatic heterocycles. The molecule has 4 heteroatoms. The Morgan fingerprint density at radius 2 is 2.24 bits per heavy atom. The summed E-state index contributed by atoms with van der Waals surface area (Å²) in [5.41, 5.74) is 0.987. The number of rotatable bonds is 6. The SMILES string of the molecule is C=CCNC(=O)C(C)Nc1ccccc1SC. The molecule has 17 heavy (non-hydrogen) atoms. The lowest BCUT2D eigenvalue weighted by Crippen LogP contribution is -2.37. The van der Waals surface area contributed by atoms with Crippen LogP contribution in [0.25, 0.3) is 0 Å². The lowest BCUT2D eigenvalue weighted by molar-refractivity contribution is -0.121. The second kappa shape index (κ2) is 7.01. The summed E-state index contributed by atoms with van der Waals surface area (Å²) in [7, 11) is 0. The first kappa shape index (κ1) is 13.6. The van der Waals surface area contributed by atoms with E-state index in [4.69, 9.17) is 0 Å². The van der Waals surface area contributed by atoms with Gasteiger partial charge in [0.2, 0.25) is 5.91 Å². The number of carbonyl (C=O) groups excluding carboxylic acids is 1. The zero-order valence-electron chi connectivity index (χ0n) is 10.2. The largest absolute Gasteiger partial charge is 0.373 e. The Morgan fingerprint density at radius 3 is 2.88 bits per heavy atom. The molecule has 1 unspecified atom stereocenters. The second-order valence-corrected chi connectivity index (χ2v) is 4.45. The average molecular weight is 250 g/mol. The van der Waals surface area contributed by atoms with Gasteiger partial charge in [0.05, 0.1) is 0 Å². The van der Waals surface area contributed by atoms with Crippen molar-refractivity contribution in [2.45, 2.75) is 17.9 Å². The number of amides is 1. The Hall–Kier alpha value is -1.42. The van der Waals surface area contributed by atoms with Crippen molar-refractivity contribution in [2.75, 3.05) is 18.1 Å². The fourth-order valence-corrected chi connectivity index (χ4v) is 1.95. The Labute approximate surface area is 107 Å². The van der Waals surface area contributed by atoms with Crippen LogP contribution in [0.4, 0.5) is 5.69 Å². The molecule has 0 aliphatic carbocycles. The van der Waals surface area contributed by atoms with Crippen LogP contribution in [0.3, 0.4) is 0 Å². The first-order valence-electron chi connectivity index (χ1n) is 5.47. The summed E-state index contributed by atoms with van der Waals surface area (Å²) >= 11 is 1.66. The molecule has 2 N–H and O–H groups in total. The van der Waals surface area contributed by atoms with E-state index in [1.807, 2.05) is 37.4 Å². The van der Waals surface area contributed by atoms with E-state index in [0.717, 1.165) is 10.6 Å². The highest BCUT2D eigenvalue weighted by Gasteiger charge is 2.12. The van der Waals surface area contributed by atoms with Crippen LogP contribution in [0, 0.1) is 0 Å². The Kier molecular flexibility index (Phi) is 5.63. The van der Waals surface area contributed by atoms with Crippen molar-refractivity contribution >= 4 is 23.4 Å². The van der Waals surface area contributed by atoms with Gasteiger partial charge < -0.3 is 10.6 Å². The maximum Gasteiger partial charge on any atom is 0.242 e. The molecule has 0 fully saturated rings. The van der Waals surface area contributed by atoms with E-state index >= 15 is 0 Å². The van der Waals surface area contributed by atoms with Crippen molar-refractivity contribution in [1.29, 1.82) is 0 Å². The lowest BCUT2D eigenvalue weighted by atomic mass is 10.2. The zero-order valence-corrected chi connectivity index (χ0v) is 11.0. The Balaban J connectivity index is 2.63. The molecule has 0 bridgehead atoms. The van der Waals surface area contributed by atoms with Gasteiger partial charge in [0.25, 0.3) is 0 Å². The van der Waals surface area contributed by atoms with E-state index in [2.05, 4.69) is 17.2 Å². The van der Waals surface area contributed by atoms with Gasteiger partial charge >= 0.3 is 0 Å². The molecule has 0 aliphatic heterocycles. The number of para-hydroxylation sites is 1. The highest BCUT2D eigenvalue weighted by Crippen LogP contribution is 2.25. The molecule has 92 valence electrons. The van der Waals surface area contributed by atoms with Crippen LogP contribution in [-0.4, -0.2) is 24.7 Å². The molecule has 0 heterocycles. The molecule has 1 rings (SSSR count). The predicted molar refractivity (Wildman–Crippen MR) is 74.5 cm³/mol. The standard InChI is InChI=1S/C13H18N2OS/c1-4-9-14-13(16)10(2)15-11-7-5-6-8-12(11)17-3/h4-8,10,15H,1,9H2,2-3H3,(H,14,16). The fraction of sp³-hybridized carbons (Fsp3) is 0.308. The average Bonchev–Trinajstić information content (AvgIpc) is 2.36. The number of thioether (sulfide) groups is 1. The van der Waals surface area contributed by atoms with Crippen molar-refractivity contribution in [2.24, 2.45) is 0 Å². The second-order valence-electron chi connectivity index (χ2n) is 3.60. The van der Waals surface area contributed by atoms with Crippen molar-refractivity contribution in [1.82, 2.24) is 5.32 Å². The smallest absolute Gasteiger partial charge is 0.242 e. The summed E-state index contributed by atoms with van der Waals surface area (Å²) in [4.78, 5) is 12.8. The van der Waals surface area contributed by atoms with Gasteiger partial charge in [-0.25, -0.2) is 0 Å². The molecule has 0 radical (unpaired) electrons. The number of anilines is 1. The molecule has 1 aromatic rings. The number of nitrogens with one attached hydrogen (secondary N) is 2. The third kappa shape index (κ3) is 4.15. The van der Waals surface area contributed by atoms with Crippen molar-refractivity contribution in [3.63, 3.8) is 0 Å². The summed E-state index contributed by atoms with van der Waals surface area (Å²) < 4.78 is 0. The first-order valence-corrected chi connectivity index (χ1v) is 6.69. The molecule has 0 saturated heterocycles. The number of hydrogen-bond donors (Lipinski definition) is 2. The summed E-state index contributed by atoms with van der Waals surface area (Å²) in [5.74, 6) is -0.0270. The number of benzene rings is 1. The Morgan fingerprint density at radius 1 is 1.53 bits per heavy atom. The molecule has 1 amide bonds. The van der Waals surface area contributed by atoms with Crippen LogP contribution in [0.5, 0.6) is 0 Å².